The van der Waals surface area contributed by atoms with Crippen molar-refractivity contribution in [2.45, 2.75) is 32.4 Å². The molecular formula is C16H20ClN3O. The number of aryl methyl sites for hydroxylation is 1. The number of rotatable bonds is 5. The molecule has 0 amide bonds. The second-order valence-electron chi connectivity index (χ2n) is 5.29. The first-order valence-corrected chi connectivity index (χ1v) is 7.76. The summed E-state index contributed by atoms with van der Waals surface area (Å²) in [7, 11) is 1.95. The summed E-state index contributed by atoms with van der Waals surface area (Å²) in [6, 6.07) is 6.40. The van der Waals surface area contributed by atoms with Gasteiger partial charge in [-0.15, -0.1) is 0 Å². The fraction of sp³-hybridized carbons (Fsp3) is 0.438. The number of benzene rings is 1. The smallest absolute Gasteiger partial charge is 0.122 e. The van der Waals surface area contributed by atoms with E-state index in [1.165, 1.54) is 11.1 Å². The van der Waals surface area contributed by atoms with E-state index in [0.717, 1.165) is 37.4 Å². The number of nitrogens with one attached hydrogen (secondary N) is 1. The molecule has 1 N–H and O–H groups in total. The molecule has 0 aliphatic carbocycles. The van der Waals surface area contributed by atoms with Crippen LogP contribution in [0.25, 0.3) is 0 Å². The summed E-state index contributed by atoms with van der Waals surface area (Å²) in [5, 5.41) is 8.47. The quantitative estimate of drug-likeness (QED) is 0.922. The number of fused-ring (bicyclic) bond motifs is 1. The summed E-state index contributed by atoms with van der Waals surface area (Å²) >= 11 is 6.37. The van der Waals surface area contributed by atoms with Crippen molar-refractivity contribution in [1.82, 2.24) is 15.1 Å². The van der Waals surface area contributed by atoms with Crippen molar-refractivity contribution in [3.8, 4) is 5.75 Å². The molecule has 0 saturated carbocycles. The van der Waals surface area contributed by atoms with Gasteiger partial charge in [0.15, 0.2) is 0 Å². The molecule has 3 rings (SSSR count). The van der Waals surface area contributed by atoms with Gasteiger partial charge in [-0.2, -0.15) is 5.10 Å². The van der Waals surface area contributed by atoms with E-state index < -0.39 is 0 Å². The Hall–Kier alpha value is -1.52. The van der Waals surface area contributed by atoms with Crippen LogP contribution in [0.5, 0.6) is 5.75 Å². The van der Waals surface area contributed by atoms with Crippen molar-refractivity contribution >= 4 is 11.6 Å². The van der Waals surface area contributed by atoms with Crippen LogP contribution in [0, 0.1) is 0 Å². The fourth-order valence-corrected chi connectivity index (χ4v) is 3.15. The van der Waals surface area contributed by atoms with Crippen LogP contribution in [0.3, 0.4) is 0 Å². The van der Waals surface area contributed by atoms with Crippen LogP contribution >= 0.6 is 11.6 Å². The van der Waals surface area contributed by atoms with Gasteiger partial charge < -0.3 is 10.1 Å². The predicted octanol–water partition coefficient (Wildman–Crippen LogP) is 3.19. The Labute approximate surface area is 130 Å². The lowest BCUT2D eigenvalue weighted by Crippen LogP contribution is -2.22. The van der Waals surface area contributed by atoms with E-state index in [1.54, 1.807) is 6.20 Å². The fourth-order valence-electron chi connectivity index (χ4n) is 2.90. The van der Waals surface area contributed by atoms with Crippen LogP contribution in [0.4, 0.5) is 0 Å². The Morgan fingerprint density at radius 2 is 2.33 bits per heavy atom. The minimum Gasteiger partial charge on any atom is -0.493 e. The molecule has 2 aromatic rings. The Bertz CT molecular complexity index is 638. The van der Waals surface area contributed by atoms with Gasteiger partial charge in [0, 0.05) is 13.0 Å². The molecule has 0 bridgehead atoms. The summed E-state index contributed by atoms with van der Waals surface area (Å²) in [6.45, 7) is 3.78. The number of hydrogen-bond acceptors (Lipinski definition) is 3. The van der Waals surface area contributed by atoms with Crippen LogP contribution in [-0.4, -0.2) is 23.4 Å². The SMILES string of the molecule is CCCn1ncc(Cl)c1C(NC)c1ccc2c(c1)CCO2. The molecule has 5 heteroatoms. The highest BCUT2D eigenvalue weighted by atomic mass is 35.5. The molecule has 1 aliphatic heterocycles. The van der Waals surface area contributed by atoms with Gasteiger partial charge in [0.2, 0.25) is 0 Å². The maximum atomic E-state index is 6.37. The van der Waals surface area contributed by atoms with Crippen molar-refractivity contribution in [2.24, 2.45) is 0 Å². The zero-order valence-corrected chi connectivity index (χ0v) is 13.2. The van der Waals surface area contributed by atoms with Gasteiger partial charge in [-0.1, -0.05) is 30.7 Å². The molecule has 1 aromatic carbocycles. The van der Waals surface area contributed by atoms with E-state index in [4.69, 9.17) is 16.3 Å². The maximum Gasteiger partial charge on any atom is 0.122 e. The Morgan fingerprint density at radius 1 is 1.48 bits per heavy atom. The summed E-state index contributed by atoms with van der Waals surface area (Å²) in [5.41, 5.74) is 3.49. The highest BCUT2D eigenvalue weighted by molar-refractivity contribution is 6.31. The molecule has 0 fully saturated rings. The van der Waals surface area contributed by atoms with Crippen molar-refractivity contribution in [3.05, 3.63) is 46.2 Å². The van der Waals surface area contributed by atoms with Gasteiger partial charge in [0.05, 0.1) is 29.6 Å². The largest absolute Gasteiger partial charge is 0.493 e. The lowest BCUT2D eigenvalue weighted by molar-refractivity contribution is 0.357. The van der Waals surface area contributed by atoms with E-state index in [9.17, 15) is 0 Å². The normalized spacial score (nSPS) is 14.8. The second kappa shape index (κ2) is 6.08. The van der Waals surface area contributed by atoms with Crippen molar-refractivity contribution < 1.29 is 4.74 Å². The zero-order chi connectivity index (χ0) is 14.8. The number of hydrogen-bond donors (Lipinski definition) is 1. The average Bonchev–Trinajstić information content (AvgIpc) is 3.09. The topological polar surface area (TPSA) is 39.1 Å². The highest BCUT2D eigenvalue weighted by Gasteiger charge is 2.22. The Kier molecular flexibility index (Phi) is 4.17. The molecule has 1 atom stereocenters. The first-order valence-electron chi connectivity index (χ1n) is 7.38. The standard InChI is InChI=1S/C16H20ClN3O/c1-3-7-20-16(13(17)10-19-20)15(18-2)12-4-5-14-11(9-12)6-8-21-14/h4-5,9-10,15,18H,3,6-8H2,1-2H3. The Balaban J connectivity index is 2.00. The van der Waals surface area contributed by atoms with E-state index in [1.807, 2.05) is 11.7 Å². The summed E-state index contributed by atoms with van der Waals surface area (Å²) in [4.78, 5) is 0. The minimum atomic E-state index is 0.0393. The monoisotopic (exact) mass is 305 g/mol. The van der Waals surface area contributed by atoms with E-state index >= 15 is 0 Å². The van der Waals surface area contributed by atoms with Crippen molar-refractivity contribution in [2.75, 3.05) is 13.7 Å². The summed E-state index contributed by atoms with van der Waals surface area (Å²) < 4.78 is 7.57. The van der Waals surface area contributed by atoms with Gasteiger partial charge in [0.1, 0.15) is 5.75 Å². The lowest BCUT2D eigenvalue weighted by Gasteiger charge is -2.19. The van der Waals surface area contributed by atoms with Gasteiger partial charge >= 0.3 is 0 Å². The molecule has 4 nitrogen and oxygen atoms in total. The predicted molar refractivity (Wildman–Crippen MR) is 84.1 cm³/mol. The van der Waals surface area contributed by atoms with Crippen LogP contribution in [0.1, 0.15) is 36.2 Å². The summed E-state index contributed by atoms with van der Waals surface area (Å²) in [6.07, 6.45) is 3.73. The third-order valence-electron chi connectivity index (χ3n) is 3.88. The molecule has 0 spiro atoms. The first kappa shape index (κ1) is 14.4. The van der Waals surface area contributed by atoms with Crippen LogP contribution in [-0.2, 0) is 13.0 Å². The maximum absolute atomic E-state index is 6.37. The number of ether oxygens (including phenoxy) is 1. The number of halogens is 1. The van der Waals surface area contributed by atoms with Gasteiger partial charge in [0.25, 0.3) is 0 Å². The van der Waals surface area contributed by atoms with Gasteiger partial charge in [-0.3, -0.25) is 4.68 Å². The van der Waals surface area contributed by atoms with E-state index in [2.05, 4.69) is 35.5 Å². The third kappa shape index (κ3) is 2.65. The van der Waals surface area contributed by atoms with Crippen LogP contribution < -0.4 is 10.1 Å². The number of nitrogens with zero attached hydrogens (tertiary/aromatic N) is 2. The second-order valence-corrected chi connectivity index (χ2v) is 5.70. The summed E-state index contributed by atoms with van der Waals surface area (Å²) in [5.74, 6) is 1.00. The van der Waals surface area contributed by atoms with Crippen molar-refractivity contribution in [3.63, 3.8) is 0 Å². The average molecular weight is 306 g/mol. The molecule has 0 saturated heterocycles. The van der Waals surface area contributed by atoms with Crippen LogP contribution in [0.2, 0.25) is 5.02 Å². The molecule has 1 aromatic heterocycles. The molecule has 112 valence electrons. The molecule has 0 radical (unpaired) electrons. The van der Waals surface area contributed by atoms with Crippen LogP contribution in [0.15, 0.2) is 24.4 Å². The highest BCUT2D eigenvalue weighted by Crippen LogP contribution is 2.33. The number of aromatic nitrogens is 2. The molecule has 1 unspecified atom stereocenters. The molecular weight excluding hydrogens is 286 g/mol. The minimum absolute atomic E-state index is 0.0393. The Morgan fingerprint density at radius 3 is 3.10 bits per heavy atom. The van der Waals surface area contributed by atoms with Gasteiger partial charge in [-0.05, 0) is 30.7 Å². The first-order chi connectivity index (χ1) is 10.2. The zero-order valence-electron chi connectivity index (χ0n) is 12.4. The van der Waals surface area contributed by atoms with Crippen molar-refractivity contribution in [1.29, 1.82) is 0 Å². The van der Waals surface area contributed by atoms with E-state index in [-0.39, 0.29) is 6.04 Å². The lowest BCUT2D eigenvalue weighted by atomic mass is 10.00. The van der Waals surface area contributed by atoms with Gasteiger partial charge in [-0.25, -0.2) is 0 Å². The molecule has 1 aliphatic rings. The molecule has 21 heavy (non-hydrogen) atoms. The molecule has 2 heterocycles. The third-order valence-corrected chi connectivity index (χ3v) is 4.17. The van der Waals surface area contributed by atoms with E-state index in [0.29, 0.717) is 5.02 Å².